The van der Waals surface area contributed by atoms with Crippen LogP contribution in [0.2, 0.25) is 5.02 Å². The molecular weight excluding hydrogens is 260 g/mol. The van der Waals surface area contributed by atoms with Crippen LogP contribution in [0.4, 0.5) is 0 Å². The number of ether oxygens (including phenoxy) is 1. The molecule has 1 atom stereocenters. The van der Waals surface area contributed by atoms with Gasteiger partial charge in [-0.2, -0.15) is 0 Å². The highest BCUT2D eigenvalue weighted by atomic mass is 35.5. The van der Waals surface area contributed by atoms with Gasteiger partial charge in [-0.3, -0.25) is 4.79 Å². The van der Waals surface area contributed by atoms with Crippen molar-refractivity contribution >= 4 is 17.4 Å². The van der Waals surface area contributed by atoms with E-state index in [1.54, 1.807) is 25.3 Å². The van der Waals surface area contributed by atoms with Crippen LogP contribution in [-0.4, -0.2) is 12.9 Å². The Labute approximate surface area is 121 Å². The van der Waals surface area contributed by atoms with Gasteiger partial charge in [0.25, 0.3) is 0 Å². The lowest BCUT2D eigenvalue weighted by molar-refractivity contribution is 0.0954. The normalized spacial score (nSPS) is 12.2. The maximum atomic E-state index is 12.4. The lowest BCUT2D eigenvalue weighted by Gasteiger charge is -2.14. The minimum Gasteiger partial charge on any atom is -0.496 e. The molecule has 1 unspecified atom stereocenters. The fourth-order valence-electron chi connectivity index (χ4n) is 2.21. The number of halogens is 1. The molecule has 1 aromatic rings. The van der Waals surface area contributed by atoms with Gasteiger partial charge in [0, 0.05) is 11.4 Å². The highest BCUT2D eigenvalue weighted by molar-refractivity contribution is 6.31. The fraction of sp³-hybridized carbons (Fsp3) is 0.562. The van der Waals surface area contributed by atoms with Crippen molar-refractivity contribution < 1.29 is 9.53 Å². The zero-order chi connectivity index (χ0) is 14.3. The molecule has 2 nitrogen and oxygen atoms in total. The summed E-state index contributed by atoms with van der Waals surface area (Å²) in [6.45, 7) is 4.32. The van der Waals surface area contributed by atoms with E-state index in [9.17, 15) is 4.79 Å². The van der Waals surface area contributed by atoms with E-state index in [2.05, 4.69) is 13.8 Å². The molecule has 1 aromatic carbocycles. The molecule has 106 valence electrons. The second-order valence-electron chi connectivity index (χ2n) is 4.89. The monoisotopic (exact) mass is 282 g/mol. The Morgan fingerprint density at radius 2 is 2.11 bits per heavy atom. The summed E-state index contributed by atoms with van der Waals surface area (Å²) in [6, 6.07) is 5.20. The lowest BCUT2D eigenvalue weighted by Crippen LogP contribution is -2.09. The molecule has 0 heterocycles. The average Bonchev–Trinajstić information content (AvgIpc) is 2.43. The predicted molar refractivity (Wildman–Crippen MR) is 80.3 cm³/mol. The smallest absolute Gasteiger partial charge is 0.166 e. The number of hydrogen-bond donors (Lipinski definition) is 0. The largest absolute Gasteiger partial charge is 0.496 e. The van der Waals surface area contributed by atoms with Gasteiger partial charge < -0.3 is 4.74 Å². The summed E-state index contributed by atoms with van der Waals surface area (Å²) < 4.78 is 5.24. The number of benzene rings is 1. The topological polar surface area (TPSA) is 26.3 Å². The van der Waals surface area contributed by atoms with Gasteiger partial charge in [-0.1, -0.05) is 51.1 Å². The molecule has 0 aliphatic rings. The highest BCUT2D eigenvalue weighted by Gasteiger charge is 2.17. The van der Waals surface area contributed by atoms with Crippen LogP contribution in [0.15, 0.2) is 18.2 Å². The number of ketones is 1. The van der Waals surface area contributed by atoms with Gasteiger partial charge in [0.2, 0.25) is 0 Å². The van der Waals surface area contributed by atoms with Gasteiger partial charge in [0.1, 0.15) is 5.75 Å². The van der Waals surface area contributed by atoms with Crippen molar-refractivity contribution in [2.75, 3.05) is 7.11 Å². The molecule has 0 spiro atoms. The van der Waals surface area contributed by atoms with Crippen LogP contribution in [0.3, 0.4) is 0 Å². The molecule has 0 aliphatic carbocycles. The fourth-order valence-corrected chi connectivity index (χ4v) is 2.39. The summed E-state index contributed by atoms with van der Waals surface area (Å²) in [6.07, 6.45) is 5.08. The van der Waals surface area contributed by atoms with Crippen LogP contribution in [0.25, 0.3) is 0 Å². The third-order valence-corrected chi connectivity index (χ3v) is 3.71. The van der Waals surface area contributed by atoms with Crippen molar-refractivity contribution in [3.63, 3.8) is 0 Å². The van der Waals surface area contributed by atoms with Crippen LogP contribution in [0, 0.1) is 5.92 Å². The Kier molecular flexibility index (Phi) is 6.93. The third kappa shape index (κ3) is 4.87. The molecule has 1 rings (SSSR count). The van der Waals surface area contributed by atoms with Crippen LogP contribution >= 0.6 is 11.6 Å². The van der Waals surface area contributed by atoms with Crippen LogP contribution in [-0.2, 0) is 0 Å². The van der Waals surface area contributed by atoms with Gasteiger partial charge in [-0.05, 0) is 24.1 Å². The van der Waals surface area contributed by atoms with E-state index in [1.165, 1.54) is 12.8 Å². The van der Waals surface area contributed by atoms with Gasteiger partial charge in [0.15, 0.2) is 5.78 Å². The minimum atomic E-state index is 0.127. The number of carbonyl (C=O) groups is 1. The van der Waals surface area contributed by atoms with E-state index in [4.69, 9.17) is 16.3 Å². The predicted octanol–water partition coefficient (Wildman–Crippen LogP) is 5.14. The van der Waals surface area contributed by atoms with Crippen molar-refractivity contribution in [2.45, 2.75) is 46.0 Å². The molecule has 0 saturated carbocycles. The van der Waals surface area contributed by atoms with E-state index in [1.807, 2.05) is 0 Å². The molecule has 0 aliphatic heterocycles. The van der Waals surface area contributed by atoms with E-state index in [0.29, 0.717) is 28.7 Å². The molecule has 0 radical (unpaired) electrons. The van der Waals surface area contributed by atoms with Gasteiger partial charge in [-0.15, -0.1) is 0 Å². The summed E-state index contributed by atoms with van der Waals surface area (Å²) in [4.78, 5) is 12.4. The van der Waals surface area contributed by atoms with Gasteiger partial charge in [-0.25, -0.2) is 0 Å². The maximum Gasteiger partial charge on any atom is 0.166 e. The van der Waals surface area contributed by atoms with Gasteiger partial charge >= 0.3 is 0 Å². The number of rotatable bonds is 8. The first kappa shape index (κ1) is 16.0. The second kappa shape index (κ2) is 8.21. The molecular formula is C16H23ClO2. The summed E-state index contributed by atoms with van der Waals surface area (Å²) in [5, 5.41) is 0.575. The Balaban J connectivity index is 2.78. The number of Topliss-reactive ketones (excluding diaryl/α,β-unsaturated/α-hetero) is 1. The summed E-state index contributed by atoms with van der Waals surface area (Å²) >= 11 is 5.96. The molecule has 0 amide bonds. The second-order valence-corrected chi connectivity index (χ2v) is 5.32. The van der Waals surface area contributed by atoms with Crippen molar-refractivity contribution in [3.8, 4) is 5.75 Å². The van der Waals surface area contributed by atoms with Crippen molar-refractivity contribution in [3.05, 3.63) is 28.8 Å². The summed E-state index contributed by atoms with van der Waals surface area (Å²) in [5.41, 5.74) is 0.602. The van der Waals surface area contributed by atoms with Crippen molar-refractivity contribution in [1.29, 1.82) is 0 Å². The SMILES string of the molecule is CCCCC(CC)CC(=O)c1cc(Cl)ccc1OC. The Morgan fingerprint density at radius 1 is 1.37 bits per heavy atom. The maximum absolute atomic E-state index is 12.4. The van der Waals surface area contributed by atoms with E-state index in [0.717, 1.165) is 12.8 Å². The molecule has 3 heteroatoms. The first-order valence-electron chi connectivity index (χ1n) is 6.99. The Hall–Kier alpha value is -1.02. The van der Waals surface area contributed by atoms with Crippen molar-refractivity contribution in [2.24, 2.45) is 5.92 Å². The van der Waals surface area contributed by atoms with Crippen LogP contribution in [0.5, 0.6) is 5.75 Å². The number of methoxy groups -OCH3 is 1. The Bertz CT molecular complexity index is 415. The number of unbranched alkanes of at least 4 members (excludes halogenated alkanes) is 1. The number of carbonyl (C=O) groups excluding carboxylic acids is 1. The number of hydrogen-bond acceptors (Lipinski definition) is 2. The molecule has 0 fully saturated rings. The first-order chi connectivity index (χ1) is 9.12. The Morgan fingerprint density at radius 3 is 2.68 bits per heavy atom. The molecule has 0 saturated heterocycles. The highest BCUT2D eigenvalue weighted by Crippen LogP contribution is 2.27. The van der Waals surface area contributed by atoms with Gasteiger partial charge in [0.05, 0.1) is 12.7 Å². The van der Waals surface area contributed by atoms with E-state index < -0.39 is 0 Å². The molecule has 0 N–H and O–H groups in total. The van der Waals surface area contributed by atoms with Crippen LogP contribution in [0.1, 0.15) is 56.3 Å². The first-order valence-corrected chi connectivity index (χ1v) is 7.36. The minimum absolute atomic E-state index is 0.127. The zero-order valence-electron chi connectivity index (χ0n) is 12.0. The van der Waals surface area contributed by atoms with Crippen molar-refractivity contribution in [1.82, 2.24) is 0 Å². The quantitative estimate of drug-likeness (QED) is 0.617. The zero-order valence-corrected chi connectivity index (χ0v) is 12.8. The molecule has 0 aromatic heterocycles. The standard InChI is InChI=1S/C16H23ClO2/c1-4-6-7-12(5-2)10-15(18)14-11-13(17)8-9-16(14)19-3/h8-9,11-12H,4-7,10H2,1-3H3. The third-order valence-electron chi connectivity index (χ3n) is 3.48. The van der Waals surface area contributed by atoms with E-state index >= 15 is 0 Å². The van der Waals surface area contributed by atoms with E-state index in [-0.39, 0.29) is 5.78 Å². The molecule has 19 heavy (non-hydrogen) atoms. The van der Waals surface area contributed by atoms with Crippen LogP contribution < -0.4 is 4.74 Å². The molecule has 0 bridgehead atoms. The average molecular weight is 283 g/mol. The summed E-state index contributed by atoms with van der Waals surface area (Å²) in [5.74, 6) is 1.19. The summed E-state index contributed by atoms with van der Waals surface area (Å²) in [7, 11) is 1.58. The lowest BCUT2D eigenvalue weighted by atomic mass is 9.91.